The molecule has 1 fully saturated rings. The van der Waals surface area contributed by atoms with Crippen LogP contribution in [0.3, 0.4) is 0 Å². The van der Waals surface area contributed by atoms with Crippen molar-refractivity contribution in [2.45, 2.75) is 25.9 Å². The predicted molar refractivity (Wildman–Crippen MR) is 98.3 cm³/mol. The molecule has 1 aliphatic rings. The summed E-state index contributed by atoms with van der Waals surface area (Å²) in [5.41, 5.74) is 7.48. The molecule has 120 valence electrons. The molecule has 1 aliphatic heterocycles. The Labute approximate surface area is 146 Å². The highest BCUT2D eigenvalue weighted by Crippen LogP contribution is 2.19. The number of halogens is 1. The zero-order chi connectivity index (χ0) is 15.9. The Hall–Kier alpha value is -1.15. The number of thiocarbonyl (C=S) groups is 2. The highest BCUT2D eigenvalue weighted by Gasteiger charge is 2.15. The van der Waals surface area contributed by atoms with E-state index in [1.807, 2.05) is 25.1 Å². The van der Waals surface area contributed by atoms with Gasteiger partial charge in [-0.05, 0) is 61.9 Å². The van der Waals surface area contributed by atoms with Gasteiger partial charge in [0.2, 0.25) is 0 Å². The van der Waals surface area contributed by atoms with Crippen molar-refractivity contribution in [3.63, 3.8) is 0 Å². The van der Waals surface area contributed by atoms with Crippen LogP contribution in [0.5, 0.6) is 0 Å². The van der Waals surface area contributed by atoms with Gasteiger partial charge in [-0.2, -0.15) is 0 Å². The summed E-state index contributed by atoms with van der Waals surface area (Å²) in [6.45, 7) is 3.47. The van der Waals surface area contributed by atoms with Gasteiger partial charge in [-0.25, -0.2) is 0 Å². The SMILES string of the molecule is Cc1ccc(NC(=S)NNC(=S)NC[C@H]2CCCO2)cc1Cl. The van der Waals surface area contributed by atoms with Crippen LogP contribution in [0.2, 0.25) is 5.02 Å². The molecule has 0 aromatic heterocycles. The third kappa shape index (κ3) is 5.57. The standard InChI is InChI=1S/C14H19ClN4OS2/c1-9-4-5-10(7-12(9)15)17-14(22)19-18-13(21)16-8-11-3-2-6-20-11/h4-5,7,11H,2-3,6,8H2,1H3,(H2,16,18,21)(H2,17,19,22)/t11-/m1/s1. The smallest absolute Gasteiger partial charge is 0.189 e. The van der Waals surface area contributed by atoms with Crippen LogP contribution in [0.4, 0.5) is 5.69 Å². The molecular weight excluding hydrogens is 340 g/mol. The van der Waals surface area contributed by atoms with E-state index in [0.717, 1.165) is 30.7 Å². The summed E-state index contributed by atoms with van der Waals surface area (Å²) >= 11 is 16.4. The summed E-state index contributed by atoms with van der Waals surface area (Å²) in [5, 5.41) is 7.68. The molecule has 0 spiro atoms. The maximum absolute atomic E-state index is 6.07. The van der Waals surface area contributed by atoms with Crippen molar-refractivity contribution in [3.05, 3.63) is 28.8 Å². The molecular formula is C14H19ClN4OS2. The van der Waals surface area contributed by atoms with E-state index in [9.17, 15) is 0 Å². The van der Waals surface area contributed by atoms with Crippen molar-refractivity contribution in [3.8, 4) is 0 Å². The average Bonchev–Trinajstić information content (AvgIpc) is 3.00. The fourth-order valence-corrected chi connectivity index (χ4v) is 2.49. The zero-order valence-electron chi connectivity index (χ0n) is 12.2. The molecule has 0 saturated carbocycles. The molecule has 22 heavy (non-hydrogen) atoms. The fraction of sp³-hybridized carbons (Fsp3) is 0.429. The molecule has 1 aromatic rings. The second kappa shape index (κ2) is 8.47. The van der Waals surface area contributed by atoms with Crippen LogP contribution in [-0.4, -0.2) is 29.5 Å². The molecule has 1 heterocycles. The Morgan fingerprint density at radius 1 is 1.32 bits per heavy atom. The van der Waals surface area contributed by atoms with E-state index in [1.165, 1.54) is 0 Å². The summed E-state index contributed by atoms with van der Waals surface area (Å²) < 4.78 is 5.51. The van der Waals surface area contributed by atoms with E-state index in [4.69, 9.17) is 40.8 Å². The lowest BCUT2D eigenvalue weighted by molar-refractivity contribution is 0.114. The van der Waals surface area contributed by atoms with Gasteiger partial charge >= 0.3 is 0 Å². The molecule has 5 nitrogen and oxygen atoms in total. The lowest BCUT2D eigenvalue weighted by Crippen LogP contribution is -2.49. The largest absolute Gasteiger partial charge is 0.376 e. The first-order valence-electron chi connectivity index (χ1n) is 7.03. The fourth-order valence-electron chi connectivity index (χ4n) is 2.00. The Balaban J connectivity index is 1.68. The molecule has 4 N–H and O–H groups in total. The minimum atomic E-state index is 0.236. The summed E-state index contributed by atoms with van der Waals surface area (Å²) in [7, 11) is 0. The second-order valence-electron chi connectivity index (χ2n) is 5.01. The van der Waals surface area contributed by atoms with Gasteiger partial charge in [-0.15, -0.1) is 0 Å². The van der Waals surface area contributed by atoms with Gasteiger partial charge in [0.1, 0.15) is 0 Å². The topological polar surface area (TPSA) is 57.3 Å². The lowest BCUT2D eigenvalue weighted by atomic mass is 10.2. The summed E-state index contributed by atoms with van der Waals surface area (Å²) in [4.78, 5) is 0. The van der Waals surface area contributed by atoms with Crippen molar-refractivity contribution >= 4 is 51.9 Å². The Morgan fingerprint density at radius 2 is 2.09 bits per heavy atom. The summed E-state index contributed by atoms with van der Waals surface area (Å²) in [6.07, 6.45) is 2.41. The van der Waals surface area contributed by atoms with Crippen molar-refractivity contribution in [2.24, 2.45) is 0 Å². The van der Waals surface area contributed by atoms with Gasteiger partial charge in [-0.3, -0.25) is 10.9 Å². The molecule has 0 radical (unpaired) electrons. The van der Waals surface area contributed by atoms with Crippen LogP contribution in [0.1, 0.15) is 18.4 Å². The zero-order valence-corrected chi connectivity index (χ0v) is 14.6. The Bertz CT molecular complexity index is 550. The molecule has 0 unspecified atom stereocenters. The minimum absolute atomic E-state index is 0.236. The van der Waals surface area contributed by atoms with E-state index in [1.54, 1.807) is 0 Å². The summed E-state index contributed by atoms with van der Waals surface area (Å²) in [6, 6.07) is 5.65. The molecule has 8 heteroatoms. The maximum atomic E-state index is 6.07. The van der Waals surface area contributed by atoms with E-state index in [0.29, 0.717) is 21.8 Å². The van der Waals surface area contributed by atoms with Crippen molar-refractivity contribution in [2.75, 3.05) is 18.5 Å². The lowest BCUT2D eigenvalue weighted by Gasteiger charge is -2.16. The van der Waals surface area contributed by atoms with E-state index >= 15 is 0 Å². The van der Waals surface area contributed by atoms with E-state index in [2.05, 4.69) is 21.5 Å². The number of ether oxygens (including phenoxy) is 1. The number of aryl methyl sites for hydroxylation is 1. The maximum Gasteiger partial charge on any atom is 0.189 e. The first-order valence-corrected chi connectivity index (χ1v) is 8.22. The molecule has 1 atom stereocenters. The number of rotatable bonds is 3. The van der Waals surface area contributed by atoms with Gasteiger partial charge in [0.05, 0.1) is 6.10 Å². The normalized spacial score (nSPS) is 16.9. The number of hydrazine groups is 1. The number of hydrogen-bond donors (Lipinski definition) is 4. The van der Waals surface area contributed by atoms with Crippen molar-refractivity contribution < 1.29 is 4.74 Å². The highest BCUT2D eigenvalue weighted by molar-refractivity contribution is 7.80. The van der Waals surface area contributed by atoms with E-state index < -0.39 is 0 Å². The predicted octanol–water partition coefficient (Wildman–Crippen LogP) is 2.49. The van der Waals surface area contributed by atoms with Gasteiger partial charge in [-0.1, -0.05) is 17.7 Å². The van der Waals surface area contributed by atoms with Crippen LogP contribution in [0.25, 0.3) is 0 Å². The number of hydrogen-bond acceptors (Lipinski definition) is 3. The van der Waals surface area contributed by atoms with E-state index in [-0.39, 0.29) is 6.10 Å². The van der Waals surface area contributed by atoms with Gasteiger partial charge in [0.25, 0.3) is 0 Å². The van der Waals surface area contributed by atoms with Crippen LogP contribution < -0.4 is 21.5 Å². The Kier molecular flexibility index (Phi) is 6.63. The highest BCUT2D eigenvalue weighted by atomic mass is 35.5. The van der Waals surface area contributed by atoms with Gasteiger partial charge in [0, 0.05) is 23.9 Å². The number of benzene rings is 1. The third-order valence-electron chi connectivity index (χ3n) is 3.23. The average molecular weight is 359 g/mol. The molecule has 2 rings (SSSR count). The third-order valence-corrected chi connectivity index (χ3v) is 4.09. The summed E-state index contributed by atoms with van der Waals surface area (Å²) in [5.74, 6) is 0. The minimum Gasteiger partial charge on any atom is -0.376 e. The first-order chi connectivity index (χ1) is 10.5. The van der Waals surface area contributed by atoms with Crippen molar-refractivity contribution in [1.29, 1.82) is 0 Å². The molecule has 0 bridgehead atoms. The molecule has 1 aromatic carbocycles. The molecule has 0 aliphatic carbocycles. The van der Waals surface area contributed by atoms with Crippen LogP contribution >= 0.6 is 36.0 Å². The molecule has 1 saturated heterocycles. The van der Waals surface area contributed by atoms with Crippen LogP contribution in [0, 0.1) is 6.92 Å². The second-order valence-corrected chi connectivity index (χ2v) is 6.24. The van der Waals surface area contributed by atoms with Gasteiger partial charge < -0.3 is 15.4 Å². The van der Waals surface area contributed by atoms with Crippen LogP contribution in [0.15, 0.2) is 18.2 Å². The van der Waals surface area contributed by atoms with Gasteiger partial charge in [0.15, 0.2) is 10.2 Å². The van der Waals surface area contributed by atoms with Crippen LogP contribution in [-0.2, 0) is 4.74 Å². The molecule has 0 amide bonds. The quantitative estimate of drug-likeness (QED) is 0.489. The monoisotopic (exact) mass is 358 g/mol. The first kappa shape index (κ1) is 17.2. The Morgan fingerprint density at radius 3 is 2.77 bits per heavy atom. The number of anilines is 1. The number of nitrogens with one attached hydrogen (secondary N) is 4. The van der Waals surface area contributed by atoms with Crippen molar-refractivity contribution in [1.82, 2.24) is 16.2 Å².